The maximum atomic E-state index is 12.3. The number of ether oxygens (including phenoxy) is 2. The van der Waals surface area contributed by atoms with E-state index in [0.717, 1.165) is 11.4 Å². The highest BCUT2D eigenvalue weighted by Crippen LogP contribution is 2.21. The predicted octanol–water partition coefficient (Wildman–Crippen LogP) is 1.91. The van der Waals surface area contributed by atoms with Gasteiger partial charge >= 0.3 is 0 Å². The van der Waals surface area contributed by atoms with Gasteiger partial charge in [-0.05, 0) is 37.1 Å². The Labute approximate surface area is 136 Å². The molecule has 0 spiro atoms. The Balaban J connectivity index is 1.80. The Hall–Kier alpha value is -2.08. The van der Waals surface area contributed by atoms with Crippen LogP contribution in [0.25, 0.3) is 0 Å². The molecule has 1 aromatic rings. The van der Waals surface area contributed by atoms with Gasteiger partial charge in [0.25, 0.3) is 0 Å². The van der Waals surface area contributed by atoms with Gasteiger partial charge in [-0.15, -0.1) is 0 Å². The van der Waals surface area contributed by atoms with Crippen LogP contribution in [0.15, 0.2) is 24.3 Å². The Morgan fingerprint density at radius 3 is 2.39 bits per heavy atom. The first kappa shape index (κ1) is 17.3. The van der Waals surface area contributed by atoms with Crippen LogP contribution >= 0.6 is 0 Å². The third kappa shape index (κ3) is 5.25. The van der Waals surface area contributed by atoms with E-state index in [4.69, 9.17) is 9.47 Å². The molecule has 1 aliphatic rings. The van der Waals surface area contributed by atoms with Crippen molar-refractivity contribution in [3.63, 3.8) is 0 Å². The van der Waals surface area contributed by atoms with Gasteiger partial charge in [-0.25, -0.2) is 0 Å². The normalized spacial score (nSPS) is 15.3. The number of amides is 2. The van der Waals surface area contributed by atoms with Crippen molar-refractivity contribution in [2.45, 2.75) is 19.8 Å². The molecule has 1 saturated heterocycles. The smallest absolute Gasteiger partial charge is 0.227 e. The summed E-state index contributed by atoms with van der Waals surface area (Å²) in [5, 5.41) is 2.93. The zero-order valence-electron chi connectivity index (χ0n) is 13.7. The van der Waals surface area contributed by atoms with Crippen LogP contribution in [0.4, 0.5) is 5.69 Å². The molecular formula is C17H24N2O4. The highest BCUT2D eigenvalue weighted by atomic mass is 16.5. The molecular weight excluding hydrogens is 296 g/mol. The van der Waals surface area contributed by atoms with Crippen molar-refractivity contribution < 1.29 is 19.1 Å². The zero-order valence-corrected chi connectivity index (χ0v) is 13.7. The molecule has 0 atom stereocenters. The van der Waals surface area contributed by atoms with Gasteiger partial charge in [-0.3, -0.25) is 9.59 Å². The molecule has 2 rings (SSSR count). The minimum Gasteiger partial charge on any atom is -0.491 e. The van der Waals surface area contributed by atoms with Gasteiger partial charge in [0.15, 0.2) is 0 Å². The number of carbonyl (C=O) groups is 2. The number of nitrogens with zero attached hydrogens (tertiary/aromatic N) is 1. The molecule has 0 aromatic heterocycles. The standard InChI is InChI=1S/C17H24N2O4/c1-13(20)19-9-7-14(8-10-19)17(21)18-15-3-5-16(6-4-15)23-12-11-22-2/h3-6,14H,7-12H2,1-2H3,(H,18,21). The molecule has 0 unspecified atom stereocenters. The van der Waals surface area contributed by atoms with Crippen molar-refractivity contribution in [3.05, 3.63) is 24.3 Å². The number of benzene rings is 1. The molecule has 0 radical (unpaired) electrons. The maximum Gasteiger partial charge on any atom is 0.227 e. The largest absolute Gasteiger partial charge is 0.491 e. The van der Waals surface area contributed by atoms with Crippen LogP contribution in [0.5, 0.6) is 5.75 Å². The zero-order chi connectivity index (χ0) is 16.7. The van der Waals surface area contributed by atoms with E-state index < -0.39 is 0 Å². The summed E-state index contributed by atoms with van der Waals surface area (Å²) in [4.78, 5) is 25.4. The monoisotopic (exact) mass is 320 g/mol. The third-order valence-corrected chi connectivity index (χ3v) is 3.99. The summed E-state index contributed by atoms with van der Waals surface area (Å²) in [7, 11) is 1.63. The fourth-order valence-electron chi connectivity index (χ4n) is 2.58. The number of hydrogen-bond donors (Lipinski definition) is 1. The lowest BCUT2D eigenvalue weighted by molar-refractivity contribution is -0.132. The van der Waals surface area contributed by atoms with Gasteiger partial charge < -0.3 is 19.7 Å². The number of anilines is 1. The number of nitrogens with one attached hydrogen (secondary N) is 1. The van der Waals surface area contributed by atoms with Crippen molar-refractivity contribution >= 4 is 17.5 Å². The van der Waals surface area contributed by atoms with Crippen LogP contribution in [0.3, 0.4) is 0 Å². The van der Waals surface area contributed by atoms with E-state index in [-0.39, 0.29) is 17.7 Å². The number of hydrogen-bond acceptors (Lipinski definition) is 4. The first-order valence-electron chi connectivity index (χ1n) is 7.88. The van der Waals surface area contributed by atoms with Crippen molar-refractivity contribution in [1.29, 1.82) is 0 Å². The SMILES string of the molecule is COCCOc1ccc(NC(=O)C2CCN(C(C)=O)CC2)cc1. The number of rotatable bonds is 6. The van der Waals surface area contributed by atoms with Crippen molar-refractivity contribution in [1.82, 2.24) is 4.90 Å². The molecule has 126 valence electrons. The molecule has 1 heterocycles. The summed E-state index contributed by atoms with van der Waals surface area (Å²) in [6, 6.07) is 7.29. The van der Waals surface area contributed by atoms with Crippen LogP contribution < -0.4 is 10.1 Å². The second-order valence-electron chi connectivity index (χ2n) is 5.64. The van der Waals surface area contributed by atoms with E-state index in [9.17, 15) is 9.59 Å². The van der Waals surface area contributed by atoms with Crippen molar-refractivity contribution in [3.8, 4) is 5.75 Å². The molecule has 2 amide bonds. The van der Waals surface area contributed by atoms with Crippen LogP contribution in [0.1, 0.15) is 19.8 Å². The van der Waals surface area contributed by atoms with Gasteiger partial charge in [-0.2, -0.15) is 0 Å². The third-order valence-electron chi connectivity index (χ3n) is 3.99. The van der Waals surface area contributed by atoms with Crippen molar-refractivity contribution in [2.75, 3.05) is 38.7 Å². The van der Waals surface area contributed by atoms with Gasteiger partial charge in [0.1, 0.15) is 12.4 Å². The molecule has 0 aliphatic carbocycles. The summed E-state index contributed by atoms with van der Waals surface area (Å²) >= 11 is 0. The van der Waals surface area contributed by atoms with E-state index >= 15 is 0 Å². The van der Waals surface area contributed by atoms with Gasteiger partial charge in [0.05, 0.1) is 6.61 Å². The summed E-state index contributed by atoms with van der Waals surface area (Å²) in [6.07, 6.45) is 1.42. The van der Waals surface area contributed by atoms with Gasteiger partial charge in [-0.1, -0.05) is 0 Å². The Bertz CT molecular complexity index is 522. The number of likely N-dealkylation sites (tertiary alicyclic amines) is 1. The first-order valence-corrected chi connectivity index (χ1v) is 7.88. The molecule has 1 N–H and O–H groups in total. The minimum atomic E-state index is -0.0387. The highest BCUT2D eigenvalue weighted by molar-refractivity contribution is 5.92. The van der Waals surface area contributed by atoms with E-state index in [1.165, 1.54) is 0 Å². The molecule has 1 aliphatic heterocycles. The van der Waals surface area contributed by atoms with Crippen LogP contribution in [-0.2, 0) is 14.3 Å². The average molecular weight is 320 g/mol. The van der Waals surface area contributed by atoms with E-state index in [2.05, 4.69) is 5.32 Å². The second kappa shape index (κ2) is 8.53. The van der Waals surface area contributed by atoms with Crippen LogP contribution in [0.2, 0.25) is 0 Å². The summed E-state index contributed by atoms with van der Waals surface area (Å²) < 4.78 is 10.4. The molecule has 0 saturated carbocycles. The maximum absolute atomic E-state index is 12.3. The Kier molecular flexibility index (Phi) is 6.40. The molecule has 1 aromatic carbocycles. The Morgan fingerprint density at radius 1 is 1.17 bits per heavy atom. The van der Waals surface area contributed by atoms with E-state index in [1.54, 1.807) is 18.9 Å². The van der Waals surface area contributed by atoms with Crippen molar-refractivity contribution in [2.24, 2.45) is 5.92 Å². The molecule has 6 nitrogen and oxygen atoms in total. The summed E-state index contributed by atoms with van der Waals surface area (Å²) in [5.74, 6) is 0.798. The summed E-state index contributed by atoms with van der Waals surface area (Å²) in [5.41, 5.74) is 0.753. The van der Waals surface area contributed by atoms with Gasteiger partial charge in [0.2, 0.25) is 11.8 Å². The highest BCUT2D eigenvalue weighted by Gasteiger charge is 2.25. The second-order valence-corrected chi connectivity index (χ2v) is 5.64. The van der Waals surface area contributed by atoms with E-state index in [1.807, 2.05) is 24.3 Å². The fourth-order valence-corrected chi connectivity index (χ4v) is 2.58. The predicted molar refractivity (Wildman–Crippen MR) is 87.4 cm³/mol. The minimum absolute atomic E-state index is 0.0150. The Morgan fingerprint density at radius 2 is 1.83 bits per heavy atom. The number of piperidine rings is 1. The number of methoxy groups -OCH3 is 1. The van der Waals surface area contributed by atoms with E-state index in [0.29, 0.717) is 39.1 Å². The lowest BCUT2D eigenvalue weighted by Crippen LogP contribution is -2.40. The summed E-state index contributed by atoms with van der Waals surface area (Å²) in [6.45, 7) is 3.91. The lowest BCUT2D eigenvalue weighted by Gasteiger charge is -2.30. The molecule has 0 bridgehead atoms. The molecule has 6 heteroatoms. The number of carbonyl (C=O) groups excluding carboxylic acids is 2. The quantitative estimate of drug-likeness (QED) is 0.813. The molecule has 1 fully saturated rings. The van der Waals surface area contributed by atoms with Gasteiger partial charge in [0, 0.05) is 38.7 Å². The van der Waals surface area contributed by atoms with Crippen LogP contribution in [0, 0.1) is 5.92 Å². The molecule has 23 heavy (non-hydrogen) atoms. The topological polar surface area (TPSA) is 67.9 Å². The first-order chi connectivity index (χ1) is 11.1. The average Bonchev–Trinajstić information content (AvgIpc) is 2.56. The van der Waals surface area contributed by atoms with Crippen LogP contribution in [-0.4, -0.2) is 50.1 Å². The lowest BCUT2D eigenvalue weighted by atomic mass is 9.96. The fraction of sp³-hybridized carbons (Fsp3) is 0.529.